The van der Waals surface area contributed by atoms with Crippen LogP contribution in [0.4, 0.5) is 4.39 Å². The molecule has 0 aliphatic heterocycles. The Morgan fingerprint density at radius 2 is 2.00 bits per heavy atom. The van der Waals surface area contributed by atoms with Crippen LogP contribution in [0.3, 0.4) is 0 Å². The second-order valence-electron chi connectivity index (χ2n) is 6.40. The first-order valence-electron chi connectivity index (χ1n) is 8.81. The molecule has 0 fully saturated rings. The molecule has 0 radical (unpaired) electrons. The van der Waals surface area contributed by atoms with Gasteiger partial charge < -0.3 is 15.8 Å². The summed E-state index contributed by atoms with van der Waals surface area (Å²) in [6.07, 6.45) is 3.54. The molecule has 0 bridgehead atoms. The van der Waals surface area contributed by atoms with E-state index in [1.165, 1.54) is 11.1 Å². The van der Waals surface area contributed by atoms with Crippen LogP contribution in [-0.4, -0.2) is 19.1 Å². The molecule has 26 heavy (non-hydrogen) atoms. The smallest absolute Gasteiger partial charge is 0.251 e. The van der Waals surface area contributed by atoms with Crippen molar-refractivity contribution in [2.45, 2.75) is 25.3 Å². The first-order valence-corrected chi connectivity index (χ1v) is 8.81. The van der Waals surface area contributed by atoms with Crippen LogP contribution in [0.25, 0.3) is 0 Å². The molecule has 0 unspecified atom stereocenters. The van der Waals surface area contributed by atoms with Crippen molar-refractivity contribution in [3.63, 3.8) is 0 Å². The largest absolute Gasteiger partial charge is 0.489 e. The van der Waals surface area contributed by atoms with Gasteiger partial charge in [-0.3, -0.25) is 4.79 Å². The molecular formula is C21H23FN2O2. The minimum atomic E-state index is -0.107. The molecule has 1 amide bonds. The summed E-state index contributed by atoms with van der Waals surface area (Å²) in [6.45, 7) is 0.206. The number of carbonyl (C=O) groups is 1. The lowest BCUT2D eigenvalue weighted by Gasteiger charge is -2.26. The van der Waals surface area contributed by atoms with Crippen LogP contribution in [-0.2, 0) is 6.42 Å². The summed E-state index contributed by atoms with van der Waals surface area (Å²) in [4.78, 5) is 12.6. The standard InChI is InChI=1S/C21H23FN2O2/c22-12-15(13-23)14-26-18-10-8-17(9-11-18)21(25)24-20-7-3-5-16-4-1-2-6-19(16)20/h1-2,4,6,8-12,20H,3,5,7,13-14,23H2,(H,24,25)/b15-12+/t20-/m0/s1. The third-order valence-electron chi connectivity index (χ3n) is 4.63. The highest BCUT2D eigenvalue weighted by molar-refractivity contribution is 5.94. The van der Waals surface area contributed by atoms with Crippen molar-refractivity contribution in [2.75, 3.05) is 13.2 Å². The maximum atomic E-state index is 12.6. The molecule has 0 aromatic heterocycles. The van der Waals surface area contributed by atoms with Crippen LogP contribution in [0.15, 0.2) is 60.4 Å². The van der Waals surface area contributed by atoms with Crippen molar-refractivity contribution >= 4 is 5.91 Å². The number of amides is 1. The van der Waals surface area contributed by atoms with Crippen LogP contribution >= 0.6 is 0 Å². The van der Waals surface area contributed by atoms with Gasteiger partial charge >= 0.3 is 0 Å². The van der Waals surface area contributed by atoms with E-state index in [1.807, 2.05) is 12.1 Å². The topological polar surface area (TPSA) is 64.3 Å². The van der Waals surface area contributed by atoms with Crippen molar-refractivity contribution in [2.24, 2.45) is 5.73 Å². The monoisotopic (exact) mass is 354 g/mol. The van der Waals surface area contributed by atoms with E-state index in [4.69, 9.17) is 10.5 Å². The normalized spacial score (nSPS) is 16.7. The fourth-order valence-corrected chi connectivity index (χ4v) is 3.16. The molecule has 0 spiro atoms. The number of carbonyl (C=O) groups excluding carboxylic acids is 1. The number of hydrogen-bond donors (Lipinski definition) is 2. The Balaban J connectivity index is 1.62. The Morgan fingerprint density at radius 3 is 2.73 bits per heavy atom. The molecule has 4 nitrogen and oxygen atoms in total. The predicted molar refractivity (Wildman–Crippen MR) is 99.8 cm³/mol. The van der Waals surface area contributed by atoms with Gasteiger partial charge in [0.2, 0.25) is 0 Å². The summed E-state index contributed by atoms with van der Waals surface area (Å²) in [5.74, 6) is 0.460. The molecule has 2 aromatic carbocycles. The number of fused-ring (bicyclic) bond motifs is 1. The SMILES string of the molecule is NC/C(=C\F)COc1ccc(C(=O)N[C@H]2CCCc3ccccc32)cc1. The third-order valence-corrected chi connectivity index (χ3v) is 4.63. The van der Waals surface area contributed by atoms with Crippen LogP contribution in [0, 0.1) is 0 Å². The van der Waals surface area contributed by atoms with E-state index in [0.29, 0.717) is 23.2 Å². The van der Waals surface area contributed by atoms with Gasteiger partial charge in [0.25, 0.3) is 5.91 Å². The number of aryl methyl sites for hydroxylation is 1. The summed E-state index contributed by atoms with van der Waals surface area (Å²) in [6, 6.07) is 15.1. The molecular weight excluding hydrogens is 331 g/mol. The zero-order valence-electron chi connectivity index (χ0n) is 14.6. The minimum Gasteiger partial charge on any atom is -0.489 e. The third kappa shape index (κ3) is 4.29. The maximum absolute atomic E-state index is 12.6. The molecule has 2 aromatic rings. The van der Waals surface area contributed by atoms with Gasteiger partial charge in [-0.25, -0.2) is 4.39 Å². The Hall–Kier alpha value is -2.66. The van der Waals surface area contributed by atoms with Gasteiger partial charge in [-0.1, -0.05) is 24.3 Å². The Labute approximate surface area is 152 Å². The number of nitrogens with two attached hydrogens (primary N) is 1. The van der Waals surface area contributed by atoms with Gasteiger partial charge in [-0.15, -0.1) is 0 Å². The van der Waals surface area contributed by atoms with E-state index in [2.05, 4.69) is 17.4 Å². The molecule has 1 aliphatic carbocycles. The van der Waals surface area contributed by atoms with Crippen molar-refractivity contribution in [3.8, 4) is 5.75 Å². The second-order valence-corrected chi connectivity index (χ2v) is 6.40. The van der Waals surface area contributed by atoms with E-state index < -0.39 is 0 Å². The Kier molecular flexibility index (Phi) is 6.02. The molecule has 0 heterocycles. The van der Waals surface area contributed by atoms with Gasteiger partial charge in [0.05, 0.1) is 12.4 Å². The fourth-order valence-electron chi connectivity index (χ4n) is 3.16. The lowest BCUT2D eigenvalue weighted by molar-refractivity contribution is 0.0932. The van der Waals surface area contributed by atoms with Crippen molar-refractivity contribution in [3.05, 3.63) is 77.1 Å². The molecule has 0 saturated heterocycles. The van der Waals surface area contributed by atoms with Crippen molar-refractivity contribution in [1.29, 1.82) is 0 Å². The molecule has 1 atom stereocenters. The lowest BCUT2D eigenvalue weighted by Crippen LogP contribution is -2.30. The Bertz CT molecular complexity index is 787. The van der Waals surface area contributed by atoms with Gasteiger partial charge in [0, 0.05) is 17.7 Å². The summed E-state index contributed by atoms with van der Waals surface area (Å²) in [7, 11) is 0. The van der Waals surface area contributed by atoms with E-state index in [1.54, 1.807) is 24.3 Å². The first kappa shape index (κ1) is 18.1. The molecule has 136 valence electrons. The lowest BCUT2D eigenvalue weighted by atomic mass is 9.87. The summed E-state index contributed by atoms with van der Waals surface area (Å²) < 4.78 is 17.9. The van der Waals surface area contributed by atoms with E-state index >= 15 is 0 Å². The van der Waals surface area contributed by atoms with Crippen LogP contribution < -0.4 is 15.8 Å². The number of rotatable bonds is 6. The Morgan fingerprint density at radius 1 is 1.23 bits per heavy atom. The average molecular weight is 354 g/mol. The minimum absolute atomic E-state index is 0.0465. The molecule has 5 heteroatoms. The second kappa shape index (κ2) is 8.63. The number of halogens is 1. The summed E-state index contributed by atoms with van der Waals surface area (Å²) in [5, 5.41) is 3.12. The first-order chi connectivity index (χ1) is 12.7. The van der Waals surface area contributed by atoms with Crippen molar-refractivity contribution < 1.29 is 13.9 Å². The number of benzene rings is 2. The molecule has 1 aliphatic rings. The number of nitrogens with one attached hydrogen (secondary N) is 1. The van der Waals surface area contributed by atoms with E-state index in [0.717, 1.165) is 19.3 Å². The number of ether oxygens (including phenoxy) is 1. The van der Waals surface area contributed by atoms with Crippen LogP contribution in [0.2, 0.25) is 0 Å². The van der Waals surface area contributed by atoms with Gasteiger partial charge in [0.15, 0.2) is 0 Å². The average Bonchev–Trinajstić information content (AvgIpc) is 2.69. The van der Waals surface area contributed by atoms with E-state index in [-0.39, 0.29) is 25.1 Å². The quantitative estimate of drug-likeness (QED) is 0.832. The molecule has 3 N–H and O–H groups in total. The molecule has 3 rings (SSSR count). The highest BCUT2D eigenvalue weighted by Crippen LogP contribution is 2.29. The van der Waals surface area contributed by atoms with Gasteiger partial charge in [0.1, 0.15) is 12.4 Å². The van der Waals surface area contributed by atoms with Gasteiger partial charge in [-0.05, 0) is 54.7 Å². The summed E-state index contributed by atoms with van der Waals surface area (Å²) in [5.41, 5.74) is 8.86. The van der Waals surface area contributed by atoms with E-state index in [9.17, 15) is 9.18 Å². The number of hydrogen-bond acceptors (Lipinski definition) is 3. The van der Waals surface area contributed by atoms with Crippen LogP contribution in [0.5, 0.6) is 5.75 Å². The highest BCUT2D eigenvalue weighted by atomic mass is 19.1. The van der Waals surface area contributed by atoms with Crippen LogP contribution in [0.1, 0.15) is 40.4 Å². The predicted octanol–water partition coefficient (Wildman–Crippen LogP) is 3.68. The zero-order valence-corrected chi connectivity index (χ0v) is 14.6. The maximum Gasteiger partial charge on any atom is 0.251 e. The highest BCUT2D eigenvalue weighted by Gasteiger charge is 2.21. The summed E-state index contributed by atoms with van der Waals surface area (Å²) >= 11 is 0. The van der Waals surface area contributed by atoms with Gasteiger partial charge in [-0.2, -0.15) is 0 Å². The van der Waals surface area contributed by atoms with Crippen molar-refractivity contribution in [1.82, 2.24) is 5.32 Å². The fraction of sp³-hybridized carbons (Fsp3) is 0.286. The zero-order chi connectivity index (χ0) is 18.4. The molecule has 0 saturated carbocycles.